The molecule has 2 aromatic rings. The highest BCUT2D eigenvalue weighted by molar-refractivity contribution is 9.10. The zero-order valence-electron chi connectivity index (χ0n) is 17.6. The number of fused-ring (bicyclic) bond motifs is 1. The van der Waals surface area contributed by atoms with E-state index in [2.05, 4.69) is 49.2 Å². The van der Waals surface area contributed by atoms with E-state index in [0.717, 1.165) is 28.8 Å². The largest absolute Gasteiger partial charge is 0.465 e. The monoisotopic (exact) mass is 522 g/mol. The van der Waals surface area contributed by atoms with Crippen molar-refractivity contribution >= 4 is 44.5 Å². The van der Waals surface area contributed by atoms with Crippen LogP contribution in [0.3, 0.4) is 0 Å². The Morgan fingerprint density at radius 2 is 2.31 bits per heavy atom. The Kier molecular flexibility index (Phi) is 6.72. The van der Waals surface area contributed by atoms with Gasteiger partial charge in [0.15, 0.2) is 0 Å². The fourth-order valence-electron chi connectivity index (χ4n) is 4.57. The smallest absolute Gasteiger partial charge is 0.409 e. The molecule has 0 bridgehead atoms. The second-order valence-electron chi connectivity index (χ2n) is 8.19. The molecule has 0 radical (unpaired) electrons. The van der Waals surface area contributed by atoms with Crippen molar-refractivity contribution in [3.63, 3.8) is 0 Å². The van der Waals surface area contributed by atoms with Crippen molar-refractivity contribution in [2.24, 2.45) is 0 Å². The van der Waals surface area contributed by atoms with Crippen LogP contribution in [-0.4, -0.2) is 75.8 Å². The van der Waals surface area contributed by atoms with Crippen molar-refractivity contribution in [1.82, 2.24) is 25.1 Å². The molecule has 9 nitrogen and oxygen atoms in total. The van der Waals surface area contributed by atoms with Gasteiger partial charge in [-0.1, -0.05) is 27.5 Å². The summed E-state index contributed by atoms with van der Waals surface area (Å²) >= 11 is 9.88. The van der Waals surface area contributed by atoms with Crippen LogP contribution >= 0.6 is 27.5 Å². The number of benzene rings is 1. The number of ether oxygens (including phenoxy) is 1. The lowest BCUT2D eigenvalue weighted by Crippen LogP contribution is -2.64. The number of nitrogens with one attached hydrogen (secondary N) is 1. The molecule has 0 aliphatic carbocycles. The lowest BCUT2D eigenvalue weighted by molar-refractivity contribution is 0.0424. The summed E-state index contributed by atoms with van der Waals surface area (Å²) < 4.78 is 6.82. The zero-order valence-corrected chi connectivity index (χ0v) is 19.9. The molecule has 4 rings (SSSR count). The highest BCUT2D eigenvalue weighted by atomic mass is 79.9. The number of nitriles is 1. The summed E-state index contributed by atoms with van der Waals surface area (Å²) in [6, 6.07) is 8.05. The van der Waals surface area contributed by atoms with E-state index in [1.807, 2.05) is 18.2 Å². The quantitative estimate of drug-likeness (QED) is 0.454. The average molecular weight is 524 g/mol. The number of hydrogen-bond donors (Lipinski definition) is 2. The molecule has 1 amide bonds. The molecule has 0 saturated carbocycles. The van der Waals surface area contributed by atoms with E-state index in [-0.39, 0.29) is 31.6 Å². The first kappa shape index (κ1) is 23.0. The van der Waals surface area contributed by atoms with Crippen molar-refractivity contribution < 1.29 is 14.6 Å². The Bertz CT molecular complexity index is 1070. The minimum atomic E-state index is -1.29. The topological polar surface area (TPSA) is 115 Å². The van der Waals surface area contributed by atoms with Crippen molar-refractivity contribution in [3.05, 3.63) is 28.4 Å². The number of rotatable bonds is 5. The van der Waals surface area contributed by atoms with E-state index in [1.165, 1.54) is 0 Å². The van der Waals surface area contributed by atoms with Gasteiger partial charge in [0.2, 0.25) is 0 Å². The maximum absolute atomic E-state index is 12.3. The molecule has 3 atom stereocenters. The van der Waals surface area contributed by atoms with E-state index < -0.39 is 17.1 Å². The minimum absolute atomic E-state index is 0.123. The predicted octanol–water partition coefficient (Wildman–Crippen LogP) is 3.12. The number of likely N-dealkylation sites (N-methyl/N-ethyl adjacent to an activating group) is 1. The summed E-state index contributed by atoms with van der Waals surface area (Å²) in [7, 11) is 2.06. The van der Waals surface area contributed by atoms with Crippen LogP contribution in [0.1, 0.15) is 25.0 Å². The number of carboxylic acid groups (broad SMARTS) is 1. The van der Waals surface area contributed by atoms with Crippen LogP contribution in [0.2, 0.25) is 0 Å². The molecule has 2 saturated heterocycles. The molecule has 2 aliphatic rings. The maximum atomic E-state index is 12.3. The number of amides is 1. The molecule has 0 spiro atoms. The van der Waals surface area contributed by atoms with E-state index in [1.54, 1.807) is 0 Å². The van der Waals surface area contributed by atoms with Gasteiger partial charge in [0.1, 0.15) is 17.6 Å². The third-order valence-corrected chi connectivity index (χ3v) is 7.05. The number of aromatic nitrogens is 2. The van der Waals surface area contributed by atoms with Gasteiger partial charge in [0.05, 0.1) is 23.7 Å². The highest BCUT2D eigenvalue weighted by Crippen LogP contribution is 2.40. The van der Waals surface area contributed by atoms with Gasteiger partial charge in [-0.2, -0.15) is 15.2 Å². The summed E-state index contributed by atoms with van der Waals surface area (Å²) in [4.78, 5) is 24.9. The Labute approximate surface area is 199 Å². The zero-order chi connectivity index (χ0) is 22.9. The molecule has 32 heavy (non-hydrogen) atoms. The van der Waals surface area contributed by atoms with Crippen LogP contribution in [0.4, 0.5) is 4.79 Å². The number of piperazine rings is 1. The third-order valence-electron chi connectivity index (χ3n) is 6.20. The summed E-state index contributed by atoms with van der Waals surface area (Å²) in [5.74, 6) is 0. The van der Waals surface area contributed by atoms with Crippen LogP contribution in [0.15, 0.2) is 22.7 Å². The molecule has 2 aliphatic heterocycles. The van der Waals surface area contributed by atoms with Gasteiger partial charge in [-0.15, -0.1) is 0 Å². The number of halogens is 2. The van der Waals surface area contributed by atoms with Crippen molar-refractivity contribution in [2.75, 3.05) is 33.3 Å². The van der Waals surface area contributed by atoms with Crippen LogP contribution < -0.4 is 10.1 Å². The lowest BCUT2D eigenvalue weighted by atomic mass is 9.85. The standard InChI is InChI=1S/C21H24BrClN6O3/c1-28-8-2-3-14(28)11-32-19-26-16-9-13(22)4-5-15(16)18(27-19)21(6-7-24)12-25-10-17(23)29(21)20(30)31/h4-5,9,14,17,25H,2-3,6,8,10-12H2,1H3,(H,30,31)/t14-,17?,21?/m0/s1. The fraction of sp³-hybridized carbons (Fsp3) is 0.524. The third kappa shape index (κ3) is 4.22. The van der Waals surface area contributed by atoms with E-state index in [9.17, 15) is 15.2 Å². The lowest BCUT2D eigenvalue weighted by Gasteiger charge is -2.47. The van der Waals surface area contributed by atoms with Crippen molar-refractivity contribution in [2.45, 2.75) is 36.3 Å². The second-order valence-corrected chi connectivity index (χ2v) is 9.61. The molecular formula is C21H24BrClN6O3. The van der Waals surface area contributed by atoms with Gasteiger partial charge < -0.3 is 20.1 Å². The Morgan fingerprint density at radius 3 is 3.00 bits per heavy atom. The van der Waals surface area contributed by atoms with Gasteiger partial charge in [-0.25, -0.2) is 4.79 Å². The fourth-order valence-corrected chi connectivity index (χ4v) is 5.30. The molecule has 3 heterocycles. The van der Waals surface area contributed by atoms with Crippen LogP contribution in [0.5, 0.6) is 6.01 Å². The van der Waals surface area contributed by atoms with Gasteiger partial charge >= 0.3 is 12.1 Å². The first-order valence-electron chi connectivity index (χ1n) is 10.4. The van der Waals surface area contributed by atoms with Gasteiger partial charge in [0.25, 0.3) is 0 Å². The molecule has 1 aromatic carbocycles. The van der Waals surface area contributed by atoms with E-state index in [4.69, 9.17) is 16.3 Å². The molecular weight excluding hydrogens is 500 g/mol. The number of carbonyl (C=O) groups is 1. The summed E-state index contributed by atoms with van der Waals surface area (Å²) in [5, 5.41) is 23.5. The van der Waals surface area contributed by atoms with E-state index in [0.29, 0.717) is 23.2 Å². The van der Waals surface area contributed by atoms with Crippen LogP contribution in [-0.2, 0) is 5.54 Å². The number of nitrogens with zero attached hydrogens (tertiary/aromatic N) is 5. The number of hydrogen-bond acceptors (Lipinski definition) is 7. The molecule has 170 valence electrons. The molecule has 2 unspecified atom stereocenters. The maximum Gasteiger partial charge on any atom is 0.409 e. The molecule has 11 heteroatoms. The summed E-state index contributed by atoms with van der Waals surface area (Å²) in [6.07, 6.45) is 0.817. The van der Waals surface area contributed by atoms with Gasteiger partial charge in [0, 0.05) is 29.0 Å². The van der Waals surface area contributed by atoms with Crippen LogP contribution in [0.25, 0.3) is 10.9 Å². The van der Waals surface area contributed by atoms with Gasteiger partial charge in [-0.3, -0.25) is 4.90 Å². The average Bonchev–Trinajstić information content (AvgIpc) is 3.16. The second kappa shape index (κ2) is 9.35. The number of likely N-dealkylation sites (tertiary alicyclic amines) is 1. The molecule has 2 N–H and O–H groups in total. The first-order chi connectivity index (χ1) is 15.4. The molecule has 1 aromatic heterocycles. The molecule has 2 fully saturated rings. The Hall–Kier alpha value is -2.19. The summed E-state index contributed by atoms with van der Waals surface area (Å²) in [5.41, 5.74) is -1.14. The SMILES string of the molecule is CN1CCC[C@H]1COc1nc(C2(CC#N)CNCC(Cl)N2C(=O)O)c2ccc(Br)cc2n1. The van der Waals surface area contributed by atoms with Crippen molar-refractivity contribution in [1.29, 1.82) is 5.26 Å². The predicted molar refractivity (Wildman–Crippen MR) is 123 cm³/mol. The normalized spacial score (nSPS) is 26.2. The summed E-state index contributed by atoms with van der Waals surface area (Å²) in [6.45, 7) is 1.92. The first-order valence-corrected chi connectivity index (χ1v) is 11.6. The highest BCUT2D eigenvalue weighted by Gasteiger charge is 2.49. The minimum Gasteiger partial charge on any atom is -0.465 e. The van der Waals surface area contributed by atoms with E-state index >= 15 is 0 Å². The van der Waals surface area contributed by atoms with Crippen LogP contribution in [0, 0.1) is 11.3 Å². The Morgan fingerprint density at radius 1 is 1.50 bits per heavy atom. The van der Waals surface area contributed by atoms with Gasteiger partial charge in [-0.05, 0) is 44.6 Å². The van der Waals surface area contributed by atoms with Crippen molar-refractivity contribution in [3.8, 4) is 12.1 Å². The Balaban J connectivity index is 1.84. The number of alkyl halides is 1.